The average molecular weight is 167 g/mol. The average Bonchev–Trinajstić information content (AvgIpc) is 2.64. The first-order chi connectivity index (χ1) is 5.81. The summed E-state index contributed by atoms with van der Waals surface area (Å²) in [6, 6.07) is 2.00. The van der Waals surface area contributed by atoms with E-state index < -0.39 is 6.10 Å². The van der Waals surface area contributed by atoms with Crippen molar-refractivity contribution in [3.63, 3.8) is 0 Å². The molecule has 2 fully saturated rings. The Morgan fingerprint density at radius 2 is 2.42 bits per heavy atom. The van der Waals surface area contributed by atoms with Gasteiger partial charge in [0.25, 0.3) is 0 Å². The first-order valence-corrected chi connectivity index (χ1v) is 4.51. The summed E-state index contributed by atoms with van der Waals surface area (Å²) in [6.45, 7) is 0. The second-order valence-electron chi connectivity index (χ2n) is 3.70. The first-order valence-electron chi connectivity index (χ1n) is 4.51. The molecule has 2 aliphatic rings. The molecule has 3 nitrogen and oxygen atoms in total. The second kappa shape index (κ2) is 3.04. The Bertz CT molecular complexity index is 211. The Morgan fingerprint density at radius 1 is 1.58 bits per heavy atom. The van der Waals surface area contributed by atoms with Gasteiger partial charge >= 0.3 is 0 Å². The number of aliphatic hydroxyl groups is 1. The van der Waals surface area contributed by atoms with Gasteiger partial charge in [0.05, 0.1) is 30.8 Å². The number of rotatable bonds is 2. The topological polar surface area (TPSA) is 53.2 Å². The van der Waals surface area contributed by atoms with Gasteiger partial charge in [-0.2, -0.15) is 5.26 Å². The molecule has 0 spiro atoms. The van der Waals surface area contributed by atoms with Crippen LogP contribution >= 0.6 is 0 Å². The normalized spacial score (nSPS) is 41.2. The summed E-state index contributed by atoms with van der Waals surface area (Å²) in [5.41, 5.74) is 0. The Morgan fingerprint density at radius 3 is 2.92 bits per heavy atom. The smallest absolute Gasteiger partial charge is 0.0723 e. The van der Waals surface area contributed by atoms with Gasteiger partial charge < -0.3 is 9.84 Å². The van der Waals surface area contributed by atoms with Crippen molar-refractivity contribution in [1.82, 2.24) is 0 Å². The van der Waals surface area contributed by atoms with Crippen molar-refractivity contribution in [2.75, 3.05) is 0 Å². The summed E-state index contributed by atoms with van der Waals surface area (Å²) in [7, 11) is 0. The van der Waals surface area contributed by atoms with Crippen LogP contribution in [0.2, 0.25) is 0 Å². The van der Waals surface area contributed by atoms with Crippen molar-refractivity contribution >= 4 is 0 Å². The zero-order valence-electron chi connectivity index (χ0n) is 6.94. The maximum Gasteiger partial charge on any atom is 0.0723 e. The highest BCUT2D eigenvalue weighted by molar-refractivity contribution is 4.94. The number of hydrogen-bond acceptors (Lipinski definition) is 3. The molecule has 0 radical (unpaired) electrons. The lowest BCUT2D eigenvalue weighted by Crippen LogP contribution is -2.28. The molecule has 0 aromatic heterocycles. The van der Waals surface area contributed by atoms with E-state index >= 15 is 0 Å². The number of hydrogen-bond donors (Lipinski definition) is 1. The van der Waals surface area contributed by atoms with Crippen LogP contribution in [-0.4, -0.2) is 23.4 Å². The van der Waals surface area contributed by atoms with Gasteiger partial charge in [-0.15, -0.1) is 0 Å². The minimum Gasteiger partial charge on any atom is -0.392 e. The van der Waals surface area contributed by atoms with Crippen molar-refractivity contribution in [2.24, 2.45) is 5.92 Å². The van der Waals surface area contributed by atoms with E-state index in [1.165, 1.54) is 0 Å². The molecule has 2 rings (SSSR count). The molecule has 0 amide bonds. The highest BCUT2D eigenvalue weighted by Gasteiger charge is 2.43. The Balaban J connectivity index is 1.94. The van der Waals surface area contributed by atoms with Crippen molar-refractivity contribution in [1.29, 1.82) is 5.26 Å². The molecule has 0 aromatic rings. The fraction of sp³-hybridized carbons (Fsp3) is 0.889. The quantitative estimate of drug-likeness (QED) is 0.662. The number of ether oxygens (including phenoxy) is 1. The van der Waals surface area contributed by atoms with Crippen LogP contribution in [0.1, 0.15) is 25.7 Å². The molecule has 2 bridgehead atoms. The van der Waals surface area contributed by atoms with E-state index in [0.29, 0.717) is 6.10 Å². The number of fused-ring (bicyclic) bond motifs is 2. The van der Waals surface area contributed by atoms with Gasteiger partial charge in [-0.3, -0.25) is 0 Å². The number of aliphatic hydroxyl groups excluding tert-OH is 1. The maximum absolute atomic E-state index is 9.57. The number of nitriles is 1. The zero-order valence-corrected chi connectivity index (χ0v) is 6.94. The summed E-state index contributed by atoms with van der Waals surface area (Å²) in [5.74, 6) is 0.225. The van der Waals surface area contributed by atoms with Crippen LogP contribution in [0.4, 0.5) is 0 Å². The summed E-state index contributed by atoms with van der Waals surface area (Å²) >= 11 is 0. The third-order valence-corrected chi connectivity index (χ3v) is 2.95. The highest BCUT2D eigenvalue weighted by atomic mass is 16.5. The molecule has 12 heavy (non-hydrogen) atoms. The highest BCUT2D eigenvalue weighted by Crippen LogP contribution is 2.40. The van der Waals surface area contributed by atoms with Crippen molar-refractivity contribution < 1.29 is 9.84 Å². The lowest BCUT2D eigenvalue weighted by molar-refractivity contribution is 0.0451. The maximum atomic E-state index is 9.57. The molecule has 0 saturated carbocycles. The summed E-state index contributed by atoms with van der Waals surface area (Å²) < 4.78 is 5.58. The van der Waals surface area contributed by atoms with Crippen molar-refractivity contribution in [3.8, 4) is 6.07 Å². The molecule has 66 valence electrons. The predicted octanol–water partition coefficient (Wildman–Crippen LogP) is 0.828. The molecular weight excluding hydrogens is 154 g/mol. The minimum atomic E-state index is -0.467. The third kappa shape index (κ3) is 1.21. The van der Waals surface area contributed by atoms with Crippen LogP contribution in [0.25, 0.3) is 0 Å². The van der Waals surface area contributed by atoms with E-state index in [4.69, 9.17) is 10.00 Å². The van der Waals surface area contributed by atoms with E-state index in [2.05, 4.69) is 0 Å². The van der Waals surface area contributed by atoms with E-state index in [0.717, 1.165) is 19.3 Å². The van der Waals surface area contributed by atoms with Gasteiger partial charge in [0.2, 0.25) is 0 Å². The van der Waals surface area contributed by atoms with E-state index in [9.17, 15) is 5.11 Å². The summed E-state index contributed by atoms with van der Waals surface area (Å²) in [4.78, 5) is 0. The predicted molar refractivity (Wildman–Crippen MR) is 42.2 cm³/mol. The lowest BCUT2D eigenvalue weighted by Gasteiger charge is -2.22. The molecule has 2 saturated heterocycles. The zero-order chi connectivity index (χ0) is 8.55. The fourth-order valence-electron chi connectivity index (χ4n) is 2.33. The van der Waals surface area contributed by atoms with E-state index in [-0.39, 0.29) is 18.4 Å². The molecule has 2 aliphatic heterocycles. The second-order valence-corrected chi connectivity index (χ2v) is 3.70. The standard InChI is InChI=1S/C9H13NO2/c10-4-3-8(11)7-5-6-1-2-9(7)12-6/h6-9,11H,1-3,5H2. The molecular formula is C9H13NO2. The van der Waals surface area contributed by atoms with Crippen LogP contribution < -0.4 is 0 Å². The van der Waals surface area contributed by atoms with E-state index in [1.807, 2.05) is 6.07 Å². The third-order valence-electron chi connectivity index (χ3n) is 2.95. The van der Waals surface area contributed by atoms with Crippen LogP contribution in [0, 0.1) is 17.2 Å². The van der Waals surface area contributed by atoms with Crippen molar-refractivity contribution in [3.05, 3.63) is 0 Å². The number of nitrogens with zero attached hydrogens (tertiary/aromatic N) is 1. The Hall–Kier alpha value is -0.590. The Labute approximate surface area is 71.9 Å². The van der Waals surface area contributed by atoms with Crippen molar-refractivity contribution in [2.45, 2.75) is 44.0 Å². The van der Waals surface area contributed by atoms with Crippen LogP contribution in [0.15, 0.2) is 0 Å². The van der Waals surface area contributed by atoms with Crippen LogP contribution in [0.3, 0.4) is 0 Å². The van der Waals surface area contributed by atoms with Gasteiger partial charge in [0.1, 0.15) is 0 Å². The fourth-order valence-corrected chi connectivity index (χ4v) is 2.33. The van der Waals surface area contributed by atoms with E-state index in [1.54, 1.807) is 0 Å². The molecule has 4 atom stereocenters. The molecule has 0 aromatic carbocycles. The molecule has 0 aliphatic carbocycles. The summed E-state index contributed by atoms with van der Waals surface area (Å²) in [6.07, 6.45) is 3.54. The minimum absolute atomic E-state index is 0.225. The van der Waals surface area contributed by atoms with Crippen LogP contribution in [-0.2, 0) is 4.74 Å². The summed E-state index contributed by atoms with van der Waals surface area (Å²) in [5, 5.41) is 18.0. The first kappa shape index (κ1) is 8.03. The van der Waals surface area contributed by atoms with Gasteiger partial charge in [0.15, 0.2) is 0 Å². The van der Waals surface area contributed by atoms with Gasteiger partial charge in [-0.05, 0) is 19.3 Å². The molecule has 4 unspecified atom stereocenters. The molecule has 2 heterocycles. The SMILES string of the molecule is N#CCC(O)C1CC2CCC1O2. The largest absolute Gasteiger partial charge is 0.392 e. The van der Waals surface area contributed by atoms with Crippen LogP contribution in [0.5, 0.6) is 0 Å². The molecule has 3 heteroatoms. The lowest BCUT2D eigenvalue weighted by atomic mass is 9.84. The van der Waals surface area contributed by atoms with Gasteiger partial charge in [0, 0.05) is 5.92 Å². The monoisotopic (exact) mass is 167 g/mol. The van der Waals surface area contributed by atoms with Gasteiger partial charge in [-0.1, -0.05) is 0 Å². The van der Waals surface area contributed by atoms with Gasteiger partial charge in [-0.25, -0.2) is 0 Å². The Kier molecular flexibility index (Phi) is 2.03. The molecule has 1 N–H and O–H groups in total.